The molecule has 0 aliphatic heterocycles. The zero-order chi connectivity index (χ0) is 14.7. The Morgan fingerprint density at radius 3 is 2.35 bits per heavy atom. The molecule has 2 rings (SSSR count). The second-order valence-electron chi connectivity index (χ2n) is 4.61. The van der Waals surface area contributed by atoms with Crippen LogP contribution in [-0.4, -0.2) is 13.6 Å². The largest absolute Gasteiger partial charge is 0.370 e. The summed E-state index contributed by atoms with van der Waals surface area (Å²) in [5, 5.41) is 0. The van der Waals surface area contributed by atoms with Crippen LogP contribution in [0.15, 0.2) is 42.5 Å². The van der Waals surface area contributed by atoms with Crippen molar-refractivity contribution in [1.29, 1.82) is 0 Å². The predicted molar refractivity (Wildman–Crippen MR) is 73.0 cm³/mol. The number of para-hydroxylation sites is 1. The summed E-state index contributed by atoms with van der Waals surface area (Å²) in [6.07, 6.45) is 0. The maximum atomic E-state index is 13.6. The van der Waals surface area contributed by atoms with Gasteiger partial charge in [0.1, 0.15) is 5.82 Å². The molecule has 2 N–H and O–H groups in total. The molecule has 20 heavy (non-hydrogen) atoms. The van der Waals surface area contributed by atoms with Crippen molar-refractivity contribution in [2.24, 2.45) is 5.73 Å². The van der Waals surface area contributed by atoms with Crippen molar-refractivity contribution < 1.29 is 13.2 Å². The highest BCUT2D eigenvalue weighted by Gasteiger charge is 2.14. The third kappa shape index (κ3) is 3.11. The smallest absolute Gasteiger partial charge is 0.159 e. The summed E-state index contributed by atoms with van der Waals surface area (Å²) in [4.78, 5) is 1.64. The lowest BCUT2D eigenvalue weighted by Gasteiger charge is -2.24. The summed E-state index contributed by atoms with van der Waals surface area (Å²) in [6, 6.07) is 9.29. The fourth-order valence-corrected chi connectivity index (χ4v) is 2.00. The summed E-state index contributed by atoms with van der Waals surface area (Å²) in [5.74, 6) is -2.21. The molecule has 2 aromatic rings. The van der Waals surface area contributed by atoms with Gasteiger partial charge in [-0.3, -0.25) is 0 Å². The summed E-state index contributed by atoms with van der Waals surface area (Å²) in [6.45, 7) is 0.284. The molecule has 0 heterocycles. The summed E-state index contributed by atoms with van der Waals surface area (Å²) < 4.78 is 39.6. The summed E-state index contributed by atoms with van der Waals surface area (Å²) >= 11 is 0. The number of rotatable bonds is 4. The first kappa shape index (κ1) is 14.4. The molecule has 0 amide bonds. The van der Waals surface area contributed by atoms with Gasteiger partial charge in [-0.05, 0) is 29.8 Å². The number of nitrogens with two attached hydrogens (primary N) is 1. The van der Waals surface area contributed by atoms with E-state index in [0.717, 1.165) is 12.1 Å². The maximum absolute atomic E-state index is 13.6. The molecule has 0 saturated carbocycles. The number of nitrogens with zero attached hydrogens (tertiary/aromatic N) is 1. The first-order valence-corrected chi connectivity index (χ1v) is 6.15. The highest BCUT2D eigenvalue weighted by molar-refractivity contribution is 5.47. The van der Waals surface area contributed by atoms with Crippen molar-refractivity contribution in [2.45, 2.75) is 6.04 Å². The first-order chi connectivity index (χ1) is 9.49. The van der Waals surface area contributed by atoms with Crippen LogP contribution >= 0.6 is 0 Å². The third-order valence-electron chi connectivity index (χ3n) is 3.11. The lowest BCUT2D eigenvalue weighted by atomic mass is 10.1. The SMILES string of the molecule is CN(CC(N)c1ccc(F)c(F)c1)c1ccccc1F. The van der Waals surface area contributed by atoms with E-state index in [0.29, 0.717) is 11.3 Å². The van der Waals surface area contributed by atoms with E-state index in [1.54, 1.807) is 30.1 Å². The van der Waals surface area contributed by atoms with Crippen molar-refractivity contribution >= 4 is 5.69 Å². The van der Waals surface area contributed by atoms with Gasteiger partial charge in [0.25, 0.3) is 0 Å². The maximum Gasteiger partial charge on any atom is 0.159 e. The molecule has 0 fully saturated rings. The molecule has 0 radical (unpaired) electrons. The van der Waals surface area contributed by atoms with Crippen LogP contribution in [0.4, 0.5) is 18.9 Å². The number of hydrogen-bond acceptors (Lipinski definition) is 2. The van der Waals surface area contributed by atoms with Crippen LogP contribution in [-0.2, 0) is 0 Å². The fraction of sp³-hybridized carbons (Fsp3) is 0.200. The van der Waals surface area contributed by atoms with Crippen LogP contribution in [0.25, 0.3) is 0 Å². The van der Waals surface area contributed by atoms with Crippen LogP contribution in [0.5, 0.6) is 0 Å². The molecule has 0 aromatic heterocycles. The Morgan fingerprint density at radius 1 is 1.00 bits per heavy atom. The monoisotopic (exact) mass is 280 g/mol. The van der Waals surface area contributed by atoms with Gasteiger partial charge in [0.2, 0.25) is 0 Å². The highest BCUT2D eigenvalue weighted by atomic mass is 19.2. The Hall–Kier alpha value is -2.01. The van der Waals surface area contributed by atoms with Gasteiger partial charge in [0, 0.05) is 19.6 Å². The third-order valence-corrected chi connectivity index (χ3v) is 3.11. The minimum atomic E-state index is -0.938. The Bertz CT molecular complexity index is 601. The molecule has 5 heteroatoms. The van der Waals surface area contributed by atoms with E-state index in [2.05, 4.69) is 0 Å². The molecule has 0 aliphatic rings. The Kier molecular flexibility index (Phi) is 4.29. The number of benzene rings is 2. The fourth-order valence-electron chi connectivity index (χ4n) is 2.00. The summed E-state index contributed by atoms with van der Waals surface area (Å²) in [5.41, 5.74) is 6.82. The molecule has 0 spiro atoms. The van der Waals surface area contributed by atoms with Crippen molar-refractivity contribution in [2.75, 3.05) is 18.5 Å². The van der Waals surface area contributed by atoms with Crippen LogP contribution in [0.1, 0.15) is 11.6 Å². The standard InChI is InChI=1S/C15H15F3N2/c1-20(15-5-3-2-4-12(15)17)9-14(19)10-6-7-11(16)13(18)8-10/h2-8,14H,9,19H2,1H3. The normalized spacial score (nSPS) is 12.2. The highest BCUT2D eigenvalue weighted by Crippen LogP contribution is 2.21. The minimum absolute atomic E-state index is 0.284. The number of likely N-dealkylation sites (N-methyl/N-ethyl adjacent to an activating group) is 1. The van der Waals surface area contributed by atoms with Crippen molar-refractivity contribution in [3.8, 4) is 0 Å². The van der Waals surface area contributed by atoms with Gasteiger partial charge in [0.15, 0.2) is 11.6 Å². The zero-order valence-corrected chi connectivity index (χ0v) is 11.0. The van der Waals surface area contributed by atoms with Crippen LogP contribution in [0, 0.1) is 17.5 Å². The average molecular weight is 280 g/mol. The van der Waals surface area contributed by atoms with E-state index >= 15 is 0 Å². The molecule has 106 valence electrons. The number of hydrogen-bond donors (Lipinski definition) is 1. The minimum Gasteiger partial charge on any atom is -0.370 e. The first-order valence-electron chi connectivity index (χ1n) is 6.15. The average Bonchev–Trinajstić information content (AvgIpc) is 2.42. The van der Waals surface area contributed by atoms with E-state index in [-0.39, 0.29) is 12.4 Å². The summed E-state index contributed by atoms with van der Waals surface area (Å²) in [7, 11) is 1.69. The molecule has 1 unspecified atom stereocenters. The zero-order valence-electron chi connectivity index (χ0n) is 11.0. The molecular formula is C15H15F3N2. The quantitative estimate of drug-likeness (QED) is 0.931. The molecular weight excluding hydrogens is 265 g/mol. The van der Waals surface area contributed by atoms with E-state index < -0.39 is 17.7 Å². The van der Waals surface area contributed by atoms with Crippen LogP contribution in [0.2, 0.25) is 0 Å². The Balaban J connectivity index is 2.13. The van der Waals surface area contributed by atoms with E-state index in [1.807, 2.05) is 0 Å². The number of anilines is 1. The van der Waals surface area contributed by atoms with Gasteiger partial charge in [-0.25, -0.2) is 13.2 Å². The molecule has 2 aromatic carbocycles. The van der Waals surface area contributed by atoms with E-state index in [9.17, 15) is 13.2 Å². The lowest BCUT2D eigenvalue weighted by Crippen LogP contribution is -2.29. The second kappa shape index (κ2) is 5.96. The lowest BCUT2D eigenvalue weighted by molar-refractivity contribution is 0.505. The predicted octanol–water partition coefficient (Wildman–Crippen LogP) is 3.24. The second-order valence-corrected chi connectivity index (χ2v) is 4.61. The van der Waals surface area contributed by atoms with Crippen LogP contribution < -0.4 is 10.6 Å². The van der Waals surface area contributed by atoms with Gasteiger partial charge >= 0.3 is 0 Å². The van der Waals surface area contributed by atoms with Crippen molar-refractivity contribution in [3.05, 3.63) is 65.5 Å². The Morgan fingerprint density at radius 2 is 1.70 bits per heavy atom. The molecule has 1 atom stereocenters. The van der Waals surface area contributed by atoms with E-state index in [4.69, 9.17) is 5.73 Å². The molecule has 2 nitrogen and oxygen atoms in total. The number of halogens is 3. The van der Waals surface area contributed by atoms with Crippen molar-refractivity contribution in [1.82, 2.24) is 0 Å². The van der Waals surface area contributed by atoms with Gasteiger partial charge in [-0.15, -0.1) is 0 Å². The van der Waals surface area contributed by atoms with Gasteiger partial charge in [-0.1, -0.05) is 18.2 Å². The Labute approximate surface area is 115 Å². The van der Waals surface area contributed by atoms with Gasteiger partial charge in [-0.2, -0.15) is 0 Å². The van der Waals surface area contributed by atoms with Crippen molar-refractivity contribution in [3.63, 3.8) is 0 Å². The molecule has 0 bridgehead atoms. The molecule has 0 aliphatic carbocycles. The van der Waals surface area contributed by atoms with Gasteiger partial charge < -0.3 is 10.6 Å². The topological polar surface area (TPSA) is 29.3 Å². The van der Waals surface area contributed by atoms with Gasteiger partial charge in [0.05, 0.1) is 5.69 Å². The van der Waals surface area contributed by atoms with Crippen LogP contribution in [0.3, 0.4) is 0 Å². The molecule has 0 saturated heterocycles. The van der Waals surface area contributed by atoms with E-state index in [1.165, 1.54) is 12.1 Å².